The summed E-state index contributed by atoms with van der Waals surface area (Å²) in [7, 11) is 0. The molecule has 1 atom stereocenters. The molecule has 0 bridgehead atoms. The van der Waals surface area contributed by atoms with Crippen molar-refractivity contribution in [2.24, 2.45) is 5.92 Å². The van der Waals surface area contributed by atoms with Gasteiger partial charge in [-0.3, -0.25) is 14.5 Å². The zero-order valence-corrected chi connectivity index (χ0v) is 15.3. The van der Waals surface area contributed by atoms with Crippen molar-refractivity contribution < 1.29 is 4.79 Å². The number of rotatable bonds is 7. The number of carbonyl (C=O) groups is 1. The minimum Gasteiger partial charge on any atom is -0.380 e. The first-order chi connectivity index (χ1) is 13.2. The van der Waals surface area contributed by atoms with Crippen molar-refractivity contribution >= 4 is 17.3 Å². The number of carbonyl (C=O) groups excluding carboxylic acids is 1. The van der Waals surface area contributed by atoms with Gasteiger partial charge in [0, 0.05) is 30.8 Å². The third kappa shape index (κ3) is 4.16. The van der Waals surface area contributed by atoms with Crippen LogP contribution in [0.4, 0.5) is 11.4 Å². The van der Waals surface area contributed by atoms with Gasteiger partial charge in [0.1, 0.15) is 0 Å². The maximum absolute atomic E-state index is 12.8. The molecule has 138 valence electrons. The zero-order chi connectivity index (χ0) is 18.6. The molecule has 1 amide bonds. The number of anilines is 2. The fourth-order valence-corrected chi connectivity index (χ4v) is 3.15. The van der Waals surface area contributed by atoms with Crippen molar-refractivity contribution in [3.8, 4) is 0 Å². The van der Waals surface area contributed by atoms with E-state index in [9.17, 15) is 4.79 Å². The molecule has 2 N–H and O–H groups in total. The predicted molar refractivity (Wildman–Crippen MR) is 106 cm³/mol. The molecule has 1 saturated carbocycles. The van der Waals surface area contributed by atoms with Crippen LogP contribution in [0.2, 0.25) is 0 Å². The minimum atomic E-state index is -0.150. The van der Waals surface area contributed by atoms with Crippen molar-refractivity contribution in [1.29, 1.82) is 0 Å². The second kappa shape index (κ2) is 7.61. The van der Waals surface area contributed by atoms with E-state index in [2.05, 4.69) is 27.6 Å². The molecule has 1 unspecified atom stereocenters. The van der Waals surface area contributed by atoms with Crippen LogP contribution in [0.15, 0.2) is 61.2 Å². The van der Waals surface area contributed by atoms with E-state index < -0.39 is 0 Å². The maximum Gasteiger partial charge on any atom is 0.257 e. The van der Waals surface area contributed by atoms with Gasteiger partial charge in [0.05, 0.1) is 23.5 Å². The average Bonchev–Trinajstić information content (AvgIpc) is 3.46. The summed E-state index contributed by atoms with van der Waals surface area (Å²) in [6.07, 6.45) is 9.70. The molecule has 1 aliphatic rings. The Morgan fingerprint density at radius 1 is 1.22 bits per heavy atom. The van der Waals surface area contributed by atoms with E-state index in [1.165, 1.54) is 12.8 Å². The number of aromatic nitrogens is 3. The molecule has 6 nitrogen and oxygen atoms in total. The Balaban J connectivity index is 1.44. The fraction of sp³-hybridized carbons (Fsp3) is 0.286. The molecule has 3 aromatic rings. The fourth-order valence-electron chi connectivity index (χ4n) is 3.15. The molecule has 0 aliphatic heterocycles. The summed E-state index contributed by atoms with van der Waals surface area (Å²) < 4.78 is 1.94. The van der Waals surface area contributed by atoms with Gasteiger partial charge < -0.3 is 10.6 Å². The van der Waals surface area contributed by atoms with Crippen molar-refractivity contribution in [3.05, 3.63) is 72.3 Å². The lowest BCUT2D eigenvalue weighted by Gasteiger charge is -2.12. The lowest BCUT2D eigenvalue weighted by atomic mass is 10.1. The van der Waals surface area contributed by atoms with E-state index in [1.807, 2.05) is 53.5 Å². The standard InChI is InChI=1S/C21H23N5O/c1-15(17-8-9-17)26-14-18(13-24-26)25-21(27)19-6-2-3-7-20(19)23-12-16-5-4-10-22-11-16/h2-7,10-11,13-15,17,23H,8-9,12H2,1H3,(H,25,27). The monoisotopic (exact) mass is 361 g/mol. The summed E-state index contributed by atoms with van der Waals surface area (Å²) in [5.74, 6) is 0.564. The minimum absolute atomic E-state index is 0.150. The molecule has 2 heterocycles. The van der Waals surface area contributed by atoms with Crippen LogP contribution in [0.1, 0.15) is 41.7 Å². The van der Waals surface area contributed by atoms with Crippen LogP contribution < -0.4 is 10.6 Å². The highest BCUT2D eigenvalue weighted by Crippen LogP contribution is 2.39. The van der Waals surface area contributed by atoms with E-state index in [0.717, 1.165) is 16.9 Å². The van der Waals surface area contributed by atoms with Crippen LogP contribution >= 0.6 is 0 Å². The predicted octanol–water partition coefficient (Wildman–Crippen LogP) is 4.11. The molecule has 2 aromatic heterocycles. The van der Waals surface area contributed by atoms with Crippen LogP contribution in [-0.4, -0.2) is 20.7 Å². The molecule has 1 aliphatic carbocycles. The van der Waals surface area contributed by atoms with Gasteiger partial charge in [0.2, 0.25) is 0 Å². The third-order valence-corrected chi connectivity index (χ3v) is 4.96. The molecular weight excluding hydrogens is 338 g/mol. The molecule has 1 aromatic carbocycles. The first-order valence-corrected chi connectivity index (χ1v) is 9.28. The second-order valence-corrected chi connectivity index (χ2v) is 7.00. The number of hydrogen-bond donors (Lipinski definition) is 2. The van der Waals surface area contributed by atoms with Crippen LogP contribution in [0.3, 0.4) is 0 Å². The van der Waals surface area contributed by atoms with E-state index in [4.69, 9.17) is 0 Å². The Morgan fingerprint density at radius 3 is 2.85 bits per heavy atom. The van der Waals surface area contributed by atoms with E-state index >= 15 is 0 Å². The summed E-state index contributed by atoms with van der Waals surface area (Å²) in [6.45, 7) is 2.78. The molecule has 1 fully saturated rings. The largest absolute Gasteiger partial charge is 0.380 e. The van der Waals surface area contributed by atoms with E-state index in [1.54, 1.807) is 12.4 Å². The SMILES string of the molecule is CC(C1CC1)n1cc(NC(=O)c2ccccc2NCc2cccnc2)cn1. The van der Waals surface area contributed by atoms with Crippen LogP contribution in [0, 0.1) is 5.92 Å². The number of para-hydroxylation sites is 1. The smallest absolute Gasteiger partial charge is 0.257 e. The quantitative estimate of drug-likeness (QED) is 0.664. The van der Waals surface area contributed by atoms with Gasteiger partial charge in [-0.05, 0) is 49.4 Å². The first kappa shape index (κ1) is 17.3. The van der Waals surface area contributed by atoms with Gasteiger partial charge >= 0.3 is 0 Å². The Kier molecular flexibility index (Phi) is 4.87. The average molecular weight is 361 g/mol. The van der Waals surface area contributed by atoms with Crippen molar-refractivity contribution in [2.75, 3.05) is 10.6 Å². The summed E-state index contributed by atoms with van der Waals surface area (Å²) in [5, 5.41) is 10.7. The molecular formula is C21H23N5O. The Labute approximate surface area is 158 Å². The Hall–Kier alpha value is -3.15. The van der Waals surface area contributed by atoms with E-state index in [0.29, 0.717) is 24.1 Å². The van der Waals surface area contributed by atoms with Crippen molar-refractivity contribution in [3.63, 3.8) is 0 Å². The molecule has 6 heteroatoms. The van der Waals surface area contributed by atoms with Gasteiger partial charge in [-0.1, -0.05) is 18.2 Å². The van der Waals surface area contributed by atoms with Crippen LogP contribution in [0.5, 0.6) is 0 Å². The lowest BCUT2D eigenvalue weighted by molar-refractivity contribution is 0.102. The van der Waals surface area contributed by atoms with E-state index in [-0.39, 0.29) is 5.91 Å². The molecule has 0 spiro atoms. The van der Waals surface area contributed by atoms with Crippen LogP contribution in [0.25, 0.3) is 0 Å². The molecule has 0 saturated heterocycles. The number of amides is 1. The first-order valence-electron chi connectivity index (χ1n) is 9.28. The number of nitrogens with one attached hydrogen (secondary N) is 2. The van der Waals surface area contributed by atoms with Crippen molar-refractivity contribution in [1.82, 2.24) is 14.8 Å². The van der Waals surface area contributed by atoms with Crippen LogP contribution in [-0.2, 0) is 6.54 Å². The molecule has 0 radical (unpaired) electrons. The number of hydrogen-bond acceptors (Lipinski definition) is 4. The Morgan fingerprint density at radius 2 is 2.07 bits per heavy atom. The second-order valence-electron chi connectivity index (χ2n) is 7.00. The van der Waals surface area contributed by atoms with Gasteiger partial charge in [0.15, 0.2) is 0 Å². The van der Waals surface area contributed by atoms with Gasteiger partial charge in [0.25, 0.3) is 5.91 Å². The number of pyridine rings is 1. The number of benzene rings is 1. The topological polar surface area (TPSA) is 71.8 Å². The van der Waals surface area contributed by atoms with Gasteiger partial charge in [-0.15, -0.1) is 0 Å². The molecule has 27 heavy (non-hydrogen) atoms. The van der Waals surface area contributed by atoms with Gasteiger partial charge in [-0.2, -0.15) is 5.10 Å². The highest BCUT2D eigenvalue weighted by molar-refractivity contribution is 6.07. The molecule has 4 rings (SSSR count). The highest BCUT2D eigenvalue weighted by Gasteiger charge is 2.29. The third-order valence-electron chi connectivity index (χ3n) is 4.96. The summed E-state index contributed by atoms with van der Waals surface area (Å²) in [6, 6.07) is 11.8. The van der Waals surface area contributed by atoms with Crippen molar-refractivity contribution in [2.45, 2.75) is 32.4 Å². The summed E-state index contributed by atoms with van der Waals surface area (Å²) in [4.78, 5) is 16.9. The Bertz CT molecular complexity index is 917. The lowest BCUT2D eigenvalue weighted by Crippen LogP contribution is -2.14. The van der Waals surface area contributed by atoms with Gasteiger partial charge in [-0.25, -0.2) is 0 Å². The summed E-state index contributed by atoms with van der Waals surface area (Å²) in [5.41, 5.74) is 3.17. The summed E-state index contributed by atoms with van der Waals surface area (Å²) >= 11 is 0. The zero-order valence-electron chi connectivity index (χ0n) is 15.3. The normalized spacial score (nSPS) is 14.6. The highest BCUT2D eigenvalue weighted by atomic mass is 16.1. The maximum atomic E-state index is 12.8. The number of nitrogens with zero attached hydrogens (tertiary/aromatic N) is 3.